The van der Waals surface area contributed by atoms with Crippen molar-refractivity contribution >= 4 is 23.6 Å². The van der Waals surface area contributed by atoms with Crippen LogP contribution in [0, 0.1) is 0 Å². The fraction of sp³-hybridized carbons (Fsp3) is 0.667. The van der Waals surface area contributed by atoms with E-state index in [0.717, 1.165) is 5.16 Å². The molecule has 0 unspecified atom stereocenters. The highest BCUT2D eigenvalue weighted by molar-refractivity contribution is 7.99. The Morgan fingerprint density at radius 3 is 2.81 bits per heavy atom. The van der Waals surface area contributed by atoms with Crippen LogP contribution in [-0.2, 0) is 4.79 Å². The summed E-state index contributed by atoms with van der Waals surface area (Å²) in [6.07, 6.45) is 0.464. The van der Waals surface area contributed by atoms with Crippen molar-refractivity contribution in [2.75, 3.05) is 18.5 Å². The largest absolute Gasteiger partial charge is 0.368 e. The number of thioether (sulfide) groups is 1. The average molecular weight is 243 g/mol. The van der Waals surface area contributed by atoms with Crippen LogP contribution in [0.15, 0.2) is 5.16 Å². The van der Waals surface area contributed by atoms with Gasteiger partial charge in [-0.25, -0.2) is 0 Å². The Bertz CT molecular complexity index is 363. The highest BCUT2D eigenvalue weighted by Gasteiger charge is 2.12. The summed E-state index contributed by atoms with van der Waals surface area (Å²) in [5.41, 5.74) is 5.70. The van der Waals surface area contributed by atoms with E-state index in [9.17, 15) is 4.79 Å². The molecule has 0 aromatic carbocycles. The number of rotatable bonds is 5. The number of hydrogen-bond donors (Lipinski definition) is 2. The minimum atomic E-state index is 0.0242. The van der Waals surface area contributed by atoms with E-state index in [2.05, 4.69) is 15.5 Å². The van der Waals surface area contributed by atoms with Crippen molar-refractivity contribution in [3.63, 3.8) is 0 Å². The molecule has 16 heavy (non-hydrogen) atoms. The van der Waals surface area contributed by atoms with Crippen molar-refractivity contribution in [2.24, 2.45) is 0 Å². The number of carbonyl (C=O) groups is 1. The zero-order valence-corrected chi connectivity index (χ0v) is 10.5. The first-order chi connectivity index (χ1) is 7.56. The molecule has 1 heterocycles. The molecule has 0 spiro atoms. The third-order valence-corrected chi connectivity index (χ3v) is 2.99. The second-order valence-electron chi connectivity index (χ2n) is 3.58. The molecule has 7 heteroatoms. The van der Waals surface area contributed by atoms with E-state index in [1.165, 1.54) is 11.8 Å². The van der Waals surface area contributed by atoms with Crippen molar-refractivity contribution in [1.29, 1.82) is 0 Å². The maximum Gasteiger partial charge on any atom is 0.222 e. The number of amides is 1. The van der Waals surface area contributed by atoms with Crippen LogP contribution in [0.5, 0.6) is 0 Å². The lowest BCUT2D eigenvalue weighted by molar-refractivity contribution is -0.120. The summed E-state index contributed by atoms with van der Waals surface area (Å²) < 4.78 is 1.86. The predicted molar refractivity (Wildman–Crippen MR) is 64.2 cm³/mol. The maximum absolute atomic E-state index is 11.0. The first-order valence-corrected chi connectivity index (χ1v) is 6.08. The van der Waals surface area contributed by atoms with Crippen LogP contribution in [0.1, 0.15) is 26.3 Å². The lowest BCUT2D eigenvalue weighted by atomic mass is 10.4. The van der Waals surface area contributed by atoms with Crippen LogP contribution < -0.4 is 11.1 Å². The van der Waals surface area contributed by atoms with Crippen LogP contribution in [0.4, 0.5) is 5.95 Å². The number of nitrogen functional groups attached to an aromatic ring is 1. The van der Waals surface area contributed by atoms with E-state index in [-0.39, 0.29) is 11.9 Å². The lowest BCUT2D eigenvalue weighted by Gasteiger charge is -2.10. The summed E-state index contributed by atoms with van der Waals surface area (Å²) in [5, 5.41) is 11.1. The fourth-order valence-corrected chi connectivity index (χ4v) is 2.24. The second kappa shape index (κ2) is 5.74. The molecule has 0 aliphatic rings. The molecule has 0 bridgehead atoms. The summed E-state index contributed by atoms with van der Waals surface area (Å²) in [7, 11) is 1.63. The van der Waals surface area contributed by atoms with Gasteiger partial charge >= 0.3 is 0 Å². The SMILES string of the molecule is CNC(=O)CCSc1nnc(N)n1C(C)C. The summed E-state index contributed by atoms with van der Waals surface area (Å²) in [6, 6.07) is 0.220. The third-order valence-electron chi connectivity index (χ3n) is 2.05. The quantitative estimate of drug-likeness (QED) is 0.742. The number of nitrogens with one attached hydrogen (secondary N) is 1. The zero-order valence-electron chi connectivity index (χ0n) is 9.73. The van der Waals surface area contributed by atoms with Crippen LogP contribution in [0.3, 0.4) is 0 Å². The lowest BCUT2D eigenvalue weighted by Crippen LogP contribution is -2.18. The average Bonchev–Trinajstić information content (AvgIpc) is 2.59. The van der Waals surface area contributed by atoms with E-state index in [1.807, 2.05) is 18.4 Å². The second-order valence-corrected chi connectivity index (χ2v) is 4.64. The van der Waals surface area contributed by atoms with E-state index in [0.29, 0.717) is 18.1 Å². The van der Waals surface area contributed by atoms with Crippen molar-refractivity contribution in [3.05, 3.63) is 0 Å². The summed E-state index contributed by atoms with van der Waals surface area (Å²) in [6.45, 7) is 4.03. The molecule has 0 radical (unpaired) electrons. The summed E-state index contributed by atoms with van der Waals surface area (Å²) in [5.74, 6) is 1.11. The fourth-order valence-electron chi connectivity index (χ4n) is 1.23. The number of nitrogens with zero attached hydrogens (tertiary/aromatic N) is 3. The molecule has 90 valence electrons. The van der Waals surface area contributed by atoms with Gasteiger partial charge in [-0.15, -0.1) is 10.2 Å². The molecule has 0 saturated heterocycles. The Hall–Kier alpha value is -1.24. The topological polar surface area (TPSA) is 85.8 Å². The Morgan fingerprint density at radius 2 is 2.25 bits per heavy atom. The van der Waals surface area contributed by atoms with Gasteiger partial charge in [0.1, 0.15) is 0 Å². The van der Waals surface area contributed by atoms with Gasteiger partial charge in [-0.05, 0) is 13.8 Å². The molecule has 0 saturated carbocycles. The molecular formula is C9H17N5OS. The molecular weight excluding hydrogens is 226 g/mol. The van der Waals surface area contributed by atoms with Gasteiger partial charge in [-0.1, -0.05) is 11.8 Å². The molecule has 0 aliphatic carbocycles. The van der Waals surface area contributed by atoms with Crippen LogP contribution >= 0.6 is 11.8 Å². The zero-order chi connectivity index (χ0) is 12.1. The van der Waals surface area contributed by atoms with Crippen molar-refractivity contribution in [2.45, 2.75) is 31.5 Å². The molecule has 0 aliphatic heterocycles. The molecule has 1 rings (SSSR count). The van der Waals surface area contributed by atoms with Crippen LogP contribution in [0.2, 0.25) is 0 Å². The number of anilines is 1. The van der Waals surface area contributed by atoms with Crippen molar-refractivity contribution in [1.82, 2.24) is 20.1 Å². The molecule has 1 aromatic rings. The number of aromatic nitrogens is 3. The minimum Gasteiger partial charge on any atom is -0.368 e. The van der Waals surface area contributed by atoms with Crippen LogP contribution in [-0.4, -0.2) is 33.5 Å². The number of nitrogens with two attached hydrogens (primary N) is 1. The standard InChI is InChI=1S/C9H17N5OS/c1-6(2)14-8(10)12-13-9(14)16-5-4-7(15)11-3/h6H,4-5H2,1-3H3,(H2,10,12)(H,11,15). The van der Waals surface area contributed by atoms with E-state index >= 15 is 0 Å². The van der Waals surface area contributed by atoms with E-state index in [1.54, 1.807) is 7.05 Å². The molecule has 0 fully saturated rings. The van der Waals surface area contributed by atoms with Gasteiger partial charge < -0.3 is 11.1 Å². The number of carbonyl (C=O) groups excluding carboxylic acids is 1. The van der Waals surface area contributed by atoms with Gasteiger partial charge in [0.25, 0.3) is 0 Å². The Balaban J connectivity index is 2.57. The first kappa shape index (κ1) is 12.8. The van der Waals surface area contributed by atoms with E-state index < -0.39 is 0 Å². The van der Waals surface area contributed by atoms with Gasteiger partial charge in [-0.2, -0.15) is 0 Å². The van der Waals surface area contributed by atoms with Gasteiger partial charge in [0, 0.05) is 25.3 Å². The van der Waals surface area contributed by atoms with Crippen LogP contribution in [0.25, 0.3) is 0 Å². The monoisotopic (exact) mass is 243 g/mol. The predicted octanol–water partition coefficient (Wildman–Crippen LogP) is 0.669. The van der Waals surface area contributed by atoms with Gasteiger partial charge in [0.15, 0.2) is 5.16 Å². The highest BCUT2D eigenvalue weighted by atomic mass is 32.2. The molecule has 0 atom stereocenters. The minimum absolute atomic E-state index is 0.0242. The smallest absolute Gasteiger partial charge is 0.222 e. The van der Waals surface area contributed by atoms with Gasteiger partial charge in [0.05, 0.1) is 0 Å². The Morgan fingerprint density at radius 1 is 1.56 bits per heavy atom. The van der Waals surface area contributed by atoms with Crippen molar-refractivity contribution in [3.8, 4) is 0 Å². The van der Waals surface area contributed by atoms with Gasteiger partial charge in [0.2, 0.25) is 11.9 Å². The van der Waals surface area contributed by atoms with E-state index in [4.69, 9.17) is 5.73 Å². The Kier molecular flexibility index (Phi) is 4.60. The number of hydrogen-bond acceptors (Lipinski definition) is 5. The highest BCUT2D eigenvalue weighted by Crippen LogP contribution is 2.22. The Labute approximate surface area is 99.0 Å². The first-order valence-electron chi connectivity index (χ1n) is 5.10. The molecule has 1 aromatic heterocycles. The van der Waals surface area contributed by atoms with Crippen molar-refractivity contribution < 1.29 is 4.79 Å². The normalized spacial score (nSPS) is 10.8. The maximum atomic E-state index is 11.0. The molecule has 3 N–H and O–H groups in total. The molecule has 1 amide bonds. The van der Waals surface area contributed by atoms with Gasteiger partial charge in [-0.3, -0.25) is 9.36 Å². The summed E-state index contributed by atoms with van der Waals surface area (Å²) in [4.78, 5) is 11.0. The molecule has 6 nitrogen and oxygen atoms in total. The third kappa shape index (κ3) is 3.13. The summed E-state index contributed by atoms with van der Waals surface area (Å²) >= 11 is 1.49.